The molecule has 1 aromatic heterocycles. The lowest BCUT2D eigenvalue weighted by Crippen LogP contribution is -2.06. The number of aromatic nitrogens is 1. The molecule has 0 amide bonds. The Morgan fingerprint density at radius 3 is 2.94 bits per heavy atom. The van der Waals surface area contributed by atoms with E-state index in [-0.39, 0.29) is 5.69 Å². The van der Waals surface area contributed by atoms with Gasteiger partial charge in [-0.2, -0.15) is 0 Å². The number of carboxylic acids is 1. The predicted molar refractivity (Wildman–Crippen MR) is 68.2 cm³/mol. The molecule has 0 unspecified atom stereocenters. The number of aromatic carboxylic acids is 1. The van der Waals surface area contributed by atoms with Gasteiger partial charge in [-0.1, -0.05) is 18.2 Å². The Morgan fingerprint density at radius 1 is 1.50 bits per heavy atom. The van der Waals surface area contributed by atoms with Crippen LogP contribution >= 0.6 is 0 Å². The van der Waals surface area contributed by atoms with Crippen molar-refractivity contribution in [1.29, 1.82) is 0 Å². The zero-order chi connectivity index (χ0) is 13.1. The van der Waals surface area contributed by atoms with Gasteiger partial charge in [0, 0.05) is 5.56 Å². The molecular weight excluding hydrogens is 230 g/mol. The van der Waals surface area contributed by atoms with Gasteiger partial charge in [-0.15, -0.1) is 0 Å². The van der Waals surface area contributed by atoms with E-state index in [2.05, 4.69) is 4.98 Å². The number of carboxylic acid groups (broad SMARTS) is 1. The maximum absolute atomic E-state index is 11.1. The minimum Gasteiger partial charge on any atom is -0.477 e. The summed E-state index contributed by atoms with van der Waals surface area (Å²) in [6, 6.07) is 1.59. The van der Waals surface area contributed by atoms with Crippen LogP contribution in [0.5, 0.6) is 0 Å². The molecule has 0 saturated heterocycles. The van der Waals surface area contributed by atoms with Gasteiger partial charge in [0.05, 0.1) is 18.9 Å². The van der Waals surface area contributed by atoms with Crippen LogP contribution in [0.2, 0.25) is 0 Å². The van der Waals surface area contributed by atoms with Crippen LogP contribution in [0, 0.1) is 0 Å². The Bertz CT molecular complexity index is 544. The Labute approximate surface area is 106 Å². The Balaban J connectivity index is 2.55. The summed E-state index contributed by atoms with van der Waals surface area (Å²) in [6.45, 7) is 4.81. The van der Waals surface area contributed by atoms with Crippen molar-refractivity contribution < 1.29 is 14.6 Å². The standard InChI is InChI=1S/C14H15NO3/c1-3-4-5-9(2)13-11-8-18-7-10(11)6-12(15-13)14(16)17/h3-6H,7-8H2,1-2H3,(H,16,17)/b4-3-,9-5+. The summed E-state index contributed by atoms with van der Waals surface area (Å²) in [5.74, 6) is -1.01. The van der Waals surface area contributed by atoms with Crippen molar-refractivity contribution >= 4 is 11.5 Å². The molecule has 4 heteroatoms. The Hall–Kier alpha value is -1.94. The molecule has 4 nitrogen and oxygen atoms in total. The fourth-order valence-electron chi connectivity index (χ4n) is 1.93. The number of hydrogen-bond acceptors (Lipinski definition) is 3. The third-order valence-electron chi connectivity index (χ3n) is 2.85. The van der Waals surface area contributed by atoms with Gasteiger partial charge in [-0.3, -0.25) is 0 Å². The first-order chi connectivity index (χ1) is 8.63. The first-order valence-corrected chi connectivity index (χ1v) is 5.77. The SMILES string of the molecule is C/C=C\C=C(/C)c1nc(C(=O)O)cc2c1COC2. The zero-order valence-electron chi connectivity index (χ0n) is 10.4. The topological polar surface area (TPSA) is 59.4 Å². The van der Waals surface area contributed by atoms with Crippen molar-refractivity contribution in [3.05, 3.63) is 46.8 Å². The molecule has 0 aliphatic carbocycles. The van der Waals surface area contributed by atoms with Crippen molar-refractivity contribution in [1.82, 2.24) is 4.98 Å². The maximum Gasteiger partial charge on any atom is 0.354 e. The minimum atomic E-state index is -1.01. The van der Waals surface area contributed by atoms with Gasteiger partial charge >= 0.3 is 5.97 Å². The number of rotatable bonds is 3. The van der Waals surface area contributed by atoms with Crippen LogP contribution in [0.25, 0.3) is 5.57 Å². The molecule has 1 N–H and O–H groups in total. The third-order valence-corrected chi connectivity index (χ3v) is 2.85. The van der Waals surface area contributed by atoms with Crippen LogP contribution in [0.1, 0.15) is 41.2 Å². The average molecular weight is 245 g/mol. The number of allylic oxidation sites excluding steroid dienone is 4. The molecule has 0 bridgehead atoms. The lowest BCUT2D eigenvalue weighted by Gasteiger charge is -2.08. The predicted octanol–water partition coefficient (Wildman–Crippen LogP) is 2.79. The van der Waals surface area contributed by atoms with E-state index in [1.807, 2.05) is 32.1 Å². The Morgan fingerprint density at radius 2 is 2.28 bits per heavy atom. The molecule has 1 aliphatic rings. The molecule has 0 fully saturated rings. The fraction of sp³-hybridized carbons (Fsp3) is 0.286. The van der Waals surface area contributed by atoms with Gasteiger partial charge in [0.2, 0.25) is 0 Å². The lowest BCUT2D eigenvalue weighted by molar-refractivity contribution is 0.0690. The smallest absolute Gasteiger partial charge is 0.354 e. The van der Waals surface area contributed by atoms with E-state index in [0.717, 1.165) is 22.4 Å². The first-order valence-electron chi connectivity index (χ1n) is 5.77. The summed E-state index contributed by atoms with van der Waals surface area (Å²) in [5, 5.41) is 9.06. The highest BCUT2D eigenvalue weighted by Crippen LogP contribution is 2.27. The second-order valence-corrected chi connectivity index (χ2v) is 4.17. The van der Waals surface area contributed by atoms with Crippen molar-refractivity contribution in [2.24, 2.45) is 0 Å². The molecule has 0 spiro atoms. The van der Waals surface area contributed by atoms with Crippen LogP contribution in [0.15, 0.2) is 24.3 Å². The average Bonchev–Trinajstić information content (AvgIpc) is 2.82. The third kappa shape index (κ3) is 2.33. The number of pyridine rings is 1. The molecule has 0 radical (unpaired) electrons. The minimum absolute atomic E-state index is 0.0717. The lowest BCUT2D eigenvalue weighted by atomic mass is 10.0. The van der Waals surface area contributed by atoms with Crippen molar-refractivity contribution in [3.8, 4) is 0 Å². The van der Waals surface area contributed by atoms with Crippen LogP contribution in [-0.2, 0) is 18.0 Å². The summed E-state index contributed by atoms with van der Waals surface area (Å²) in [5.41, 5.74) is 3.66. The summed E-state index contributed by atoms with van der Waals surface area (Å²) >= 11 is 0. The molecule has 2 heterocycles. The summed E-state index contributed by atoms with van der Waals surface area (Å²) in [6.07, 6.45) is 5.75. The highest BCUT2D eigenvalue weighted by molar-refractivity contribution is 5.86. The monoisotopic (exact) mass is 245 g/mol. The van der Waals surface area contributed by atoms with E-state index in [9.17, 15) is 4.79 Å². The quantitative estimate of drug-likeness (QED) is 0.832. The molecule has 1 aliphatic heterocycles. The number of ether oxygens (including phenoxy) is 1. The molecule has 18 heavy (non-hydrogen) atoms. The van der Waals surface area contributed by atoms with Crippen molar-refractivity contribution in [2.45, 2.75) is 27.1 Å². The van der Waals surface area contributed by atoms with Crippen LogP contribution in [0.4, 0.5) is 0 Å². The van der Waals surface area contributed by atoms with Crippen LogP contribution < -0.4 is 0 Å². The molecule has 0 atom stereocenters. The highest BCUT2D eigenvalue weighted by atomic mass is 16.5. The molecule has 0 aromatic carbocycles. The second-order valence-electron chi connectivity index (χ2n) is 4.17. The molecule has 1 aromatic rings. The molecule has 2 rings (SSSR count). The van der Waals surface area contributed by atoms with Gasteiger partial charge < -0.3 is 9.84 Å². The number of nitrogens with zero attached hydrogens (tertiary/aromatic N) is 1. The number of fused-ring (bicyclic) bond motifs is 1. The van der Waals surface area contributed by atoms with E-state index in [1.165, 1.54) is 0 Å². The normalized spacial score (nSPS) is 15.1. The highest BCUT2D eigenvalue weighted by Gasteiger charge is 2.20. The number of hydrogen-bond donors (Lipinski definition) is 1. The van der Waals surface area contributed by atoms with Gasteiger partial charge in [0.1, 0.15) is 5.69 Å². The van der Waals surface area contributed by atoms with Gasteiger partial charge in [-0.25, -0.2) is 9.78 Å². The number of carbonyl (C=O) groups is 1. The summed E-state index contributed by atoms with van der Waals surface area (Å²) < 4.78 is 5.37. The summed E-state index contributed by atoms with van der Waals surface area (Å²) in [4.78, 5) is 15.3. The molecular formula is C14H15NO3. The van der Waals surface area contributed by atoms with Gasteiger partial charge in [0.25, 0.3) is 0 Å². The maximum atomic E-state index is 11.1. The van der Waals surface area contributed by atoms with Crippen LogP contribution in [-0.4, -0.2) is 16.1 Å². The van der Waals surface area contributed by atoms with E-state index in [0.29, 0.717) is 13.2 Å². The van der Waals surface area contributed by atoms with Gasteiger partial charge in [-0.05, 0) is 31.1 Å². The largest absolute Gasteiger partial charge is 0.477 e. The first kappa shape index (κ1) is 12.5. The molecule has 94 valence electrons. The molecule has 0 saturated carbocycles. The van der Waals surface area contributed by atoms with Gasteiger partial charge in [0.15, 0.2) is 0 Å². The van der Waals surface area contributed by atoms with Crippen molar-refractivity contribution in [2.75, 3.05) is 0 Å². The second kappa shape index (κ2) is 5.14. The Kier molecular flexibility index (Phi) is 3.58. The van der Waals surface area contributed by atoms with Crippen LogP contribution in [0.3, 0.4) is 0 Å². The van der Waals surface area contributed by atoms with E-state index >= 15 is 0 Å². The van der Waals surface area contributed by atoms with E-state index in [1.54, 1.807) is 6.07 Å². The van der Waals surface area contributed by atoms with E-state index < -0.39 is 5.97 Å². The zero-order valence-corrected chi connectivity index (χ0v) is 10.4. The summed E-state index contributed by atoms with van der Waals surface area (Å²) in [7, 11) is 0. The van der Waals surface area contributed by atoms with Crippen molar-refractivity contribution in [3.63, 3.8) is 0 Å². The van der Waals surface area contributed by atoms with E-state index in [4.69, 9.17) is 9.84 Å². The fourth-order valence-corrected chi connectivity index (χ4v) is 1.93.